The van der Waals surface area contributed by atoms with Crippen LogP contribution < -0.4 is 0 Å². The fraction of sp³-hybridized carbons (Fsp3) is 0.500. The number of rotatable bonds is 3. The first kappa shape index (κ1) is 9.08. The first-order chi connectivity index (χ1) is 4.41. The van der Waals surface area contributed by atoms with Crippen molar-refractivity contribution in [3.05, 3.63) is 12.7 Å². The zero-order chi connectivity index (χ0) is 8.36. The van der Waals surface area contributed by atoms with Gasteiger partial charge in [0.05, 0.1) is 0 Å². The molecule has 0 saturated heterocycles. The first-order valence-electron chi connectivity index (χ1n) is 3.11. The number of ketones is 2. The van der Waals surface area contributed by atoms with Gasteiger partial charge < -0.3 is 0 Å². The van der Waals surface area contributed by atoms with Crippen LogP contribution in [0.2, 0.25) is 0 Å². The topological polar surface area (TPSA) is 34.1 Å². The molecular weight excluding hydrogens is 128 g/mol. The van der Waals surface area contributed by atoms with E-state index in [0.717, 1.165) is 0 Å². The molecular formula is C8H12O2. The summed E-state index contributed by atoms with van der Waals surface area (Å²) in [6, 6.07) is 0. The fourth-order valence-corrected chi connectivity index (χ4v) is 0.546. The highest BCUT2D eigenvalue weighted by Crippen LogP contribution is 2.17. The van der Waals surface area contributed by atoms with Gasteiger partial charge in [-0.3, -0.25) is 9.59 Å². The Kier molecular flexibility index (Phi) is 2.52. The highest BCUT2D eigenvalue weighted by atomic mass is 16.2. The van der Waals surface area contributed by atoms with Crippen molar-refractivity contribution in [1.29, 1.82) is 0 Å². The molecule has 2 heteroatoms. The number of hydrogen-bond acceptors (Lipinski definition) is 2. The molecule has 0 atom stereocenters. The Morgan fingerprint density at radius 2 is 1.80 bits per heavy atom. The van der Waals surface area contributed by atoms with Gasteiger partial charge in [0.1, 0.15) is 0 Å². The first-order valence-corrected chi connectivity index (χ1v) is 3.11. The SMILES string of the molecule is C=CC(C)(C)C(=O)C(C)=O. The van der Waals surface area contributed by atoms with Crippen LogP contribution in [-0.4, -0.2) is 11.6 Å². The maximum absolute atomic E-state index is 11.0. The minimum absolute atomic E-state index is 0.387. The third kappa shape index (κ3) is 1.79. The molecule has 0 radical (unpaired) electrons. The van der Waals surface area contributed by atoms with Gasteiger partial charge in [0, 0.05) is 12.3 Å². The molecule has 2 nitrogen and oxygen atoms in total. The van der Waals surface area contributed by atoms with Gasteiger partial charge >= 0.3 is 0 Å². The van der Waals surface area contributed by atoms with Crippen molar-refractivity contribution in [3.8, 4) is 0 Å². The van der Waals surface area contributed by atoms with Crippen molar-refractivity contribution in [2.45, 2.75) is 20.8 Å². The Bertz CT molecular complexity index is 178. The quantitative estimate of drug-likeness (QED) is 0.438. The summed E-state index contributed by atoms with van der Waals surface area (Å²) in [7, 11) is 0. The maximum Gasteiger partial charge on any atom is 0.207 e. The molecule has 56 valence electrons. The van der Waals surface area contributed by atoms with Crippen molar-refractivity contribution in [3.63, 3.8) is 0 Å². The van der Waals surface area contributed by atoms with Crippen molar-refractivity contribution in [2.75, 3.05) is 0 Å². The molecule has 0 N–H and O–H groups in total. The van der Waals surface area contributed by atoms with Gasteiger partial charge in [-0.15, -0.1) is 6.58 Å². The molecule has 0 saturated carbocycles. The van der Waals surface area contributed by atoms with E-state index in [1.165, 1.54) is 13.0 Å². The second-order valence-electron chi connectivity index (χ2n) is 2.81. The molecule has 0 aromatic rings. The molecule has 10 heavy (non-hydrogen) atoms. The van der Waals surface area contributed by atoms with Crippen molar-refractivity contribution in [2.24, 2.45) is 5.41 Å². The highest BCUT2D eigenvalue weighted by molar-refractivity contribution is 6.38. The Hall–Kier alpha value is -0.920. The molecule has 0 spiro atoms. The van der Waals surface area contributed by atoms with Crippen LogP contribution in [0.1, 0.15) is 20.8 Å². The molecule has 0 aromatic carbocycles. The molecule has 0 bridgehead atoms. The summed E-state index contributed by atoms with van der Waals surface area (Å²) in [4.78, 5) is 21.5. The predicted molar refractivity (Wildman–Crippen MR) is 39.7 cm³/mol. The van der Waals surface area contributed by atoms with Crippen LogP contribution in [0.3, 0.4) is 0 Å². The lowest BCUT2D eigenvalue weighted by Crippen LogP contribution is -2.27. The summed E-state index contributed by atoms with van der Waals surface area (Å²) in [5.41, 5.74) is -0.703. The fourth-order valence-electron chi connectivity index (χ4n) is 0.546. The third-order valence-corrected chi connectivity index (χ3v) is 1.42. The second-order valence-corrected chi connectivity index (χ2v) is 2.81. The lowest BCUT2D eigenvalue weighted by molar-refractivity contribution is -0.139. The highest BCUT2D eigenvalue weighted by Gasteiger charge is 2.26. The summed E-state index contributed by atoms with van der Waals surface area (Å²) < 4.78 is 0. The van der Waals surface area contributed by atoms with Gasteiger partial charge in [0.25, 0.3) is 0 Å². The molecule has 0 aromatic heterocycles. The summed E-state index contributed by atoms with van der Waals surface area (Å²) in [6.07, 6.45) is 1.48. The number of allylic oxidation sites excluding steroid dienone is 1. The standard InChI is InChI=1S/C8H12O2/c1-5-8(3,4)7(10)6(2)9/h5H,1H2,2-4H3. The smallest absolute Gasteiger partial charge is 0.207 e. The lowest BCUT2D eigenvalue weighted by atomic mass is 9.86. The molecule has 0 aliphatic rings. The van der Waals surface area contributed by atoms with Gasteiger partial charge in [0.15, 0.2) is 5.78 Å². The van der Waals surface area contributed by atoms with Crippen LogP contribution in [0.25, 0.3) is 0 Å². The molecule has 0 heterocycles. The van der Waals surface area contributed by atoms with E-state index in [0.29, 0.717) is 0 Å². The Morgan fingerprint density at radius 1 is 1.40 bits per heavy atom. The van der Waals surface area contributed by atoms with Crippen LogP contribution in [0.15, 0.2) is 12.7 Å². The Morgan fingerprint density at radius 3 is 1.90 bits per heavy atom. The summed E-state index contributed by atoms with van der Waals surface area (Å²) in [5.74, 6) is -0.799. The van der Waals surface area contributed by atoms with Gasteiger partial charge in [0.2, 0.25) is 5.78 Å². The lowest BCUT2D eigenvalue weighted by Gasteiger charge is -2.14. The minimum Gasteiger partial charge on any atom is -0.291 e. The van der Waals surface area contributed by atoms with E-state index in [1.54, 1.807) is 13.8 Å². The minimum atomic E-state index is -0.703. The molecule has 0 rings (SSSR count). The van der Waals surface area contributed by atoms with Crippen LogP contribution >= 0.6 is 0 Å². The number of carbonyl (C=O) groups excluding carboxylic acids is 2. The Balaban J connectivity index is 4.49. The van der Waals surface area contributed by atoms with Crippen LogP contribution in [0.5, 0.6) is 0 Å². The number of Topliss-reactive ketones (excluding diaryl/α,β-unsaturated/α-hetero) is 2. The molecule has 0 aliphatic heterocycles. The summed E-state index contributed by atoms with van der Waals surface area (Å²) >= 11 is 0. The van der Waals surface area contributed by atoms with E-state index in [2.05, 4.69) is 6.58 Å². The summed E-state index contributed by atoms with van der Waals surface area (Å²) in [5, 5.41) is 0. The number of carbonyl (C=O) groups is 2. The van der Waals surface area contributed by atoms with Gasteiger partial charge in [-0.25, -0.2) is 0 Å². The molecule has 0 unspecified atom stereocenters. The maximum atomic E-state index is 11.0. The molecule has 0 aliphatic carbocycles. The monoisotopic (exact) mass is 140 g/mol. The van der Waals surface area contributed by atoms with Crippen LogP contribution in [-0.2, 0) is 9.59 Å². The largest absolute Gasteiger partial charge is 0.291 e. The van der Waals surface area contributed by atoms with Gasteiger partial charge in [-0.2, -0.15) is 0 Å². The predicted octanol–water partition coefficient (Wildman–Crippen LogP) is 1.36. The van der Waals surface area contributed by atoms with E-state index in [9.17, 15) is 9.59 Å². The second kappa shape index (κ2) is 2.78. The summed E-state index contributed by atoms with van der Waals surface area (Å²) in [6.45, 7) is 8.07. The van der Waals surface area contributed by atoms with Crippen molar-refractivity contribution >= 4 is 11.6 Å². The van der Waals surface area contributed by atoms with E-state index in [-0.39, 0.29) is 5.78 Å². The zero-order valence-corrected chi connectivity index (χ0v) is 6.60. The van der Waals surface area contributed by atoms with E-state index >= 15 is 0 Å². The number of hydrogen-bond donors (Lipinski definition) is 0. The average Bonchev–Trinajstić information content (AvgIpc) is 1.86. The van der Waals surface area contributed by atoms with E-state index < -0.39 is 11.2 Å². The van der Waals surface area contributed by atoms with Crippen molar-refractivity contribution < 1.29 is 9.59 Å². The zero-order valence-electron chi connectivity index (χ0n) is 6.60. The third-order valence-electron chi connectivity index (χ3n) is 1.42. The van der Waals surface area contributed by atoms with E-state index in [1.807, 2.05) is 0 Å². The van der Waals surface area contributed by atoms with Gasteiger partial charge in [-0.05, 0) is 13.8 Å². The molecule has 0 amide bonds. The van der Waals surface area contributed by atoms with Crippen LogP contribution in [0, 0.1) is 5.41 Å². The average molecular weight is 140 g/mol. The van der Waals surface area contributed by atoms with Crippen LogP contribution in [0.4, 0.5) is 0 Å². The van der Waals surface area contributed by atoms with Gasteiger partial charge in [-0.1, -0.05) is 6.08 Å². The van der Waals surface area contributed by atoms with E-state index in [4.69, 9.17) is 0 Å². The normalized spacial score (nSPS) is 10.7. The molecule has 0 fully saturated rings. The Labute approximate surface area is 60.9 Å². The van der Waals surface area contributed by atoms with Crippen molar-refractivity contribution in [1.82, 2.24) is 0 Å².